The number of anilines is 3. The molecule has 4 heterocycles. The molecule has 3 nitrogen and oxygen atoms in total. The van der Waals surface area contributed by atoms with Gasteiger partial charge in [0.05, 0.1) is 5.56 Å². The second kappa shape index (κ2) is 11.8. The summed E-state index contributed by atoms with van der Waals surface area (Å²) in [5.74, 6) is 3.55. The summed E-state index contributed by atoms with van der Waals surface area (Å²) in [7, 11) is 0. The summed E-state index contributed by atoms with van der Waals surface area (Å²) in [6.07, 6.45) is 0. The topological polar surface area (TPSA) is 21.7 Å². The van der Waals surface area contributed by atoms with Gasteiger partial charge in [-0.3, -0.25) is 0 Å². The first-order chi connectivity index (χ1) is 28.9. The standard InChI is InChI=1S/C54H37B2NO2/c1-30-18-22-43-39(26-30)55-41-28-32(3)20-24-45(41)58-53-49(48-37-16-10-8-14-35(37)47(34-12-6-5-7-13-34)36-15-9-11-17-38(36)48)54-51-52(50(53)55)57(43)44-23-19-31(2)27-40(44)56(51)42-29-33(4)21-25-46(42)59-54/h5-29H,1-4H3. The molecule has 0 radical (unpaired) electrons. The number of fused-ring (bicyclic) bond motifs is 12. The van der Waals surface area contributed by atoms with Crippen LogP contribution in [0, 0.1) is 27.7 Å². The van der Waals surface area contributed by atoms with E-state index in [1.807, 2.05) is 0 Å². The molecule has 0 N–H and O–H groups in total. The second-order valence-electron chi connectivity index (χ2n) is 17.0. The van der Waals surface area contributed by atoms with Gasteiger partial charge in [-0.15, -0.1) is 0 Å². The van der Waals surface area contributed by atoms with Crippen molar-refractivity contribution in [2.75, 3.05) is 4.90 Å². The van der Waals surface area contributed by atoms with Crippen LogP contribution in [0.5, 0.6) is 23.0 Å². The Bertz CT molecular complexity index is 3160. The van der Waals surface area contributed by atoms with E-state index in [0.717, 1.165) is 34.1 Å². The van der Waals surface area contributed by atoms with Crippen molar-refractivity contribution in [3.8, 4) is 45.3 Å². The fourth-order valence-electron chi connectivity index (χ4n) is 11.0. The molecule has 0 fully saturated rings. The minimum Gasteiger partial charge on any atom is -0.458 e. The lowest BCUT2D eigenvalue weighted by Gasteiger charge is -2.48. The van der Waals surface area contributed by atoms with E-state index >= 15 is 0 Å². The third-order valence-corrected chi connectivity index (χ3v) is 13.3. The van der Waals surface area contributed by atoms with Crippen molar-refractivity contribution >= 4 is 84.8 Å². The first kappa shape index (κ1) is 33.0. The van der Waals surface area contributed by atoms with Crippen molar-refractivity contribution in [2.45, 2.75) is 27.7 Å². The van der Waals surface area contributed by atoms with Crippen LogP contribution < -0.4 is 47.2 Å². The molecule has 59 heavy (non-hydrogen) atoms. The lowest BCUT2D eigenvalue weighted by atomic mass is 9.29. The highest BCUT2D eigenvalue weighted by Gasteiger charge is 2.52. The molecule has 0 spiro atoms. The largest absolute Gasteiger partial charge is 0.458 e. The predicted molar refractivity (Wildman–Crippen MR) is 248 cm³/mol. The Morgan fingerprint density at radius 2 is 0.797 bits per heavy atom. The van der Waals surface area contributed by atoms with Crippen molar-refractivity contribution in [3.63, 3.8) is 0 Å². The molecular weight excluding hydrogens is 716 g/mol. The Hall–Kier alpha value is -6.97. The zero-order chi connectivity index (χ0) is 39.3. The van der Waals surface area contributed by atoms with Gasteiger partial charge in [0.2, 0.25) is 0 Å². The van der Waals surface area contributed by atoms with Gasteiger partial charge in [-0.25, -0.2) is 0 Å². The van der Waals surface area contributed by atoms with E-state index in [0.29, 0.717) is 0 Å². The van der Waals surface area contributed by atoms with Crippen molar-refractivity contribution in [1.29, 1.82) is 0 Å². The van der Waals surface area contributed by atoms with E-state index < -0.39 is 0 Å². The van der Waals surface area contributed by atoms with Crippen molar-refractivity contribution in [2.24, 2.45) is 0 Å². The van der Waals surface area contributed by atoms with Crippen LogP contribution in [0.15, 0.2) is 152 Å². The highest BCUT2D eigenvalue weighted by Crippen LogP contribution is 2.54. The maximum Gasteiger partial charge on any atom is 0.256 e. The number of hydrogen-bond acceptors (Lipinski definition) is 3. The fourth-order valence-corrected chi connectivity index (χ4v) is 11.0. The molecule has 0 saturated heterocycles. The lowest BCUT2D eigenvalue weighted by Crippen LogP contribution is -2.67. The first-order valence-corrected chi connectivity index (χ1v) is 20.7. The van der Waals surface area contributed by atoms with E-state index in [1.165, 1.54) is 105 Å². The van der Waals surface area contributed by atoms with Crippen LogP contribution in [-0.4, -0.2) is 13.4 Å². The Balaban J connectivity index is 1.27. The molecule has 276 valence electrons. The summed E-state index contributed by atoms with van der Waals surface area (Å²) in [5, 5.41) is 4.75. The Labute approximate surface area is 344 Å². The van der Waals surface area contributed by atoms with Gasteiger partial charge in [-0.1, -0.05) is 150 Å². The summed E-state index contributed by atoms with van der Waals surface area (Å²) in [5.41, 5.74) is 20.6. The summed E-state index contributed by atoms with van der Waals surface area (Å²) in [4.78, 5) is 2.54. The number of aryl methyl sites for hydroxylation is 4. The van der Waals surface area contributed by atoms with Gasteiger partial charge in [-0.2, -0.15) is 0 Å². The van der Waals surface area contributed by atoms with E-state index in [9.17, 15) is 0 Å². The van der Waals surface area contributed by atoms with Gasteiger partial charge in [0.25, 0.3) is 13.4 Å². The molecule has 0 saturated carbocycles. The first-order valence-electron chi connectivity index (χ1n) is 20.7. The lowest BCUT2D eigenvalue weighted by molar-refractivity contribution is 0.469. The highest BCUT2D eigenvalue weighted by molar-refractivity contribution is 7.04. The Morgan fingerprint density at radius 1 is 0.390 bits per heavy atom. The molecule has 0 atom stereocenters. The molecule has 0 amide bonds. The smallest absolute Gasteiger partial charge is 0.256 e. The zero-order valence-corrected chi connectivity index (χ0v) is 33.4. The highest BCUT2D eigenvalue weighted by atomic mass is 16.5. The number of benzene rings is 9. The van der Waals surface area contributed by atoms with E-state index in [2.05, 4.69) is 184 Å². The molecule has 5 heteroatoms. The summed E-state index contributed by atoms with van der Waals surface area (Å²) >= 11 is 0. The van der Waals surface area contributed by atoms with Gasteiger partial charge in [-0.05, 0) is 117 Å². The molecule has 0 unspecified atom stereocenters. The monoisotopic (exact) mass is 753 g/mol. The average molecular weight is 754 g/mol. The molecule has 13 rings (SSSR count). The molecule has 0 aromatic heterocycles. The van der Waals surface area contributed by atoms with Crippen LogP contribution >= 0.6 is 0 Å². The van der Waals surface area contributed by atoms with Crippen LogP contribution in [0.25, 0.3) is 43.8 Å². The molecular formula is C54H37B2NO2. The van der Waals surface area contributed by atoms with Gasteiger partial charge < -0.3 is 14.4 Å². The molecule has 0 aliphatic carbocycles. The molecule has 9 aromatic carbocycles. The second-order valence-corrected chi connectivity index (χ2v) is 17.0. The van der Waals surface area contributed by atoms with Gasteiger partial charge in [0, 0.05) is 22.6 Å². The normalized spacial score (nSPS) is 13.6. The van der Waals surface area contributed by atoms with Crippen LogP contribution in [0.2, 0.25) is 0 Å². The SMILES string of the molecule is Cc1ccc2c(c1)B1c3cc(C)ccc3N3c4ccc(C)cc4B4c5cc(C)ccc5Oc5c4c3c1c(c5-c1c3ccccc3c(-c3ccccc3)c3ccccc13)O2. The summed E-state index contributed by atoms with van der Waals surface area (Å²) < 4.78 is 15.0. The van der Waals surface area contributed by atoms with Gasteiger partial charge in [0.1, 0.15) is 23.0 Å². The number of hydrogen-bond donors (Lipinski definition) is 0. The molecule has 9 aromatic rings. The van der Waals surface area contributed by atoms with E-state index in [4.69, 9.17) is 9.47 Å². The Kier molecular flexibility index (Phi) is 6.61. The molecule has 0 bridgehead atoms. The molecule has 4 aliphatic rings. The summed E-state index contributed by atoms with van der Waals surface area (Å²) in [6, 6.07) is 56.2. The van der Waals surface area contributed by atoms with Crippen molar-refractivity contribution < 1.29 is 9.47 Å². The third-order valence-electron chi connectivity index (χ3n) is 13.3. The van der Waals surface area contributed by atoms with Crippen molar-refractivity contribution in [1.82, 2.24) is 0 Å². The summed E-state index contributed by atoms with van der Waals surface area (Å²) in [6.45, 7) is 8.72. The maximum atomic E-state index is 7.50. The minimum atomic E-state index is -0.0495. The fraction of sp³-hybridized carbons (Fsp3) is 0.0741. The van der Waals surface area contributed by atoms with E-state index in [1.54, 1.807) is 0 Å². The third kappa shape index (κ3) is 4.40. The van der Waals surface area contributed by atoms with Crippen LogP contribution in [-0.2, 0) is 0 Å². The average Bonchev–Trinajstić information content (AvgIpc) is 3.25. The van der Waals surface area contributed by atoms with Gasteiger partial charge >= 0.3 is 0 Å². The van der Waals surface area contributed by atoms with Gasteiger partial charge in [0.15, 0.2) is 0 Å². The van der Waals surface area contributed by atoms with Crippen molar-refractivity contribution in [3.05, 3.63) is 174 Å². The maximum absolute atomic E-state index is 7.50. The van der Waals surface area contributed by atoms with Crippen LogP contribution in [0.3, 0.4) is 0 Å². The number of ether oxygens (including phenoxy) is 2. The van der Waals surface area contributed by atoms with E-state index in [-0.39, 0.29) is 13.4 Å². The number of rotatable bonds is 2. The van der Waals surface area contributed by atoms with Crippen LogP contribution in [0.4, 0.5) is 17.1 Å². The number of nitrogens with zero attached hydrogens (tertiary/aromatic N) is 1. The zero-order valence-electron chi connectivity index (χ0n) is 33.4. The van der Waals surface area contributed by atoms with Crippen LogP contribution in [0.1, 0.15) is 22.3 Å². The predicted octanol–water partition coefficient (Wildman–Crippen LogP) is 9.90. The quantitative estimate of drug-likeness (QED) is 0.130. The molecule has 4 aliphatic heterocycles. The Morgan fingerprint density at radius 3 is 1.27 bits per heavy atom. The minimum absolute atomic E-state index is 0.0495.